The number of nitrogens with zero attached hydrogens (tertiary/aromatic N) is 2. The van der Waals surface area contributed by atoms with E-state index < -0.39 is 0 Å². The van der Waals surface area contributed by atoms with E-state index in [-0.39, 0.29) is 0 Å². The fourth-order valence-corrected chi connectivity index (χ4v) is 2.13. The zero-order chi connectivity index (χ0) is 14.4. The van der Waals surface area contributed by atoms with E-state index in [1.54, 1.807) is 6.20 Å². The monoisotopic (exact) mass is 293 g/mol. The highest BCUT2D eigenvalue weighted by molar-refractivity contribution is 6.29. The molecule has 108 valence electrons. The predicted octanol–water partition coefficient (Wildman–Crippen LogP) is 2.90. The Labute approximate surface area is 124 Å². The Balaban J connectivity index is 1.92. The van der Waals surface area contributed by atoms with Crippen molar-refractivity contribution in [1.82, 2.24) is 14.9 Å². The minimum atomic E-state index is 0.651. The Morgan fingerprint density at radius 2 is 2.00 bits per heavy atom. The topological polar surface area (TPSA) is 39.1 Å². The van der Waals surface area contributed by atoms with Gasteiger partial charge in [-0.1, -0.05) is 35.9 Å². The number of aromatic nitrogens is 2. The molecule has 0 bridgehead atoms. The van der Waals surface area contributed by atoms with Gasteiger partial charge < -0.3 is 14.6 Å². The van der Waals surface area contributed by atoms with Crippen molar-refractivity contribution in [3.05, 3.63) is 52.6 Å². The SMILES string of the molecule is CCOCc1ccccc1CNCc1ncc(Cl)n1C. The molecule has 0 fully saturated rings. The number of rotatable bonds is 7. The zero-order valence-electron chi connectivity index (χ0n) is 11.9. The standard InChI is InChI=1S/C15H20ClN3O/c1-3-20-11-13-7-5-4-6-12(13)8-17-10-15-18-9-14(16)19(15)2/h4-7,9,17H,3,8,10-11H2,1-2H3. The molecule has 2 aromatic rings. The first-order valence-electron chi connectivity index (χ1n) is 6.73. The summed E-state index contributed by atoms with van der Waals surface area (Å²) in [4.78, 5) is 4.26. The van der Waals surface area contributed by atoms with Crippen molar-refractivity contribution < 1.29 is 4.74 Å². The van der Waals surface area contributed by atoms with Crippen molar-refractivity contribution in [2.24, 2.45) is 7.05 Å². The van der Waals surface area contributed by atoms with Gasteiger partial charge in [0.25, 0.3) is 0 Å². The van der Waals surface area contributed by atoms with Crippen molar-refractivity contribution in [2.45, 2.75) is 26.6 Å². The fraction of sp³-hybridized carbons (Fsp3) is 0.400. The first-order chi connectivity index (χ1) is 9.72. The Morgan fingerprint density at radius 1 is 1.25 bits per heavy atom. The quantitative estimate of drug-likeness (QED) is 0.853. The molecule has 0 saturated heterocycles. The first kappa shape index (κ1) is 15.0. The highest BCUT2D eigenvalue weighted by Gasteiger charge is 2.05. The van der Waals surface area contributed by atoms with Gasteiger partial charge in [0.15, 0.2) is 0 Å². The van der Waals surface area contributed by atoms with Crippen LogP contribution in [0.2, 0.25) is 5.15 Å². The van der Waals surface area contributed by atoms with Gasteiger partial charge in [-0.3, -0.25) is 0 Å². The lowest BCUT2D eigenvalue weighted by Gasteiger charge is -2.10. The summed E-state index contributed by atoms with van der Waals surface area (Å²) in [5, 5.41) is 4.04. The van der Waals surface area contributed by atoms with Gasteiger partial charge in [-0.05, 0) is 18.1 Å². The lowest BCUT2D eigenvalue weighted by molar-refractivity contribution is 0.133. The second kappa shape index (κ2) is 7.43. The third-order valence-corrected chi connectivity index (χ3v) is 3.56. The van der Waals surface area contributed by atoms with Crippen LogP contribution in [0, 0.1) is 0 Å². The van der Waals surface area contributed by atoms with E-state index in [9.17, 15) is 0 Å². The molecule has 1 N–H and O–H groups in total. The van der Waals surface area contributed by atoms with Crippen LogP contribution in [-0.4, -0.2) is 16.2 Å². The molecule has 0 unspecified atom stereocenters. The minimum Gasteiger partial charge on any atom is -0.377 e. The zero-order valence-corrected chi connectivity index (χ0v) is 12.7. The van der Waals surface area contributed by atoms with Gasteiger partial charge in [0.2, 0.25) is 0 Å². The predicted molar refractivity (Wildman–Crippen MR) is 80.5 cm³/mol. The smallest absolute Gasteiger partial charge is 0.128 e. The van der Waals surface area contributed by atoms with E-state index >= 15 is 0 Å². The number of hydrogen-bond acceptors (Lipinski definition) is 3. The summed E-state index contributed by atoms with van der Waals surface area (Å²) in [6.45, 7) is 4.86. The molecule has 1 heterocycles. The van der Waals surface area contributed by atoms with Crippen LogP contribution in [0.3, 0.4) is 0 Å². The van der Waals surface area contributed by atoms with Crippen LogP contribution >= 0.6 is 11.6 Å². The van der Waals surface area contributed by atoms with Crippen LogP contribution in [0.25, 0.3) is 0 Å². The number of ether oxygens (including phenoxy) is 1. The number of imidazole rings is 1. The van der Waals surface area contributed by atoms with E-state index in [0.717, 1.165) is 19.0 Å². The number of hydrogen-bond donors (Lipinski definition) is 1. The van der Waals surface area contributed by atoms with Crippen molar-refractivity contribution in [1.29, 1.82) is 0 Å². The molecule has 0 aliphatic rings. The largest absolute Gasteiger partial charge is 0.377 e. The maximum absolute atomic E-state index is 5.96. The van der Waals surface area contributed by atoms with Gasteiger partial charge in [0.05, 0.1) is 19.3 Å². The molecule has 0 saturated carbocycles. The molecule has 0 aliphatic heterocycles. The highest BCUT2D eigenvalue weighted by atomic mass is 35.5. The van der Waals surface area contributed by atoms with Gasteiger partial charge in [0, 0.05) is 20.2 Å². The number of halogens is 1. The van der Waals surface area contributed by atoms with E-state index in [1.807, 2.05) is 30.7 Å². The molecule has 1 aromatic carbocycles. The second-order valence-electron chi connectivity index (χ2n) is 4.57. The van der Waals surface area contributed by atoms with Crippen molar-refractivity contribution >= 4 is 11.6 Å². The molecular formula is C15H20ClN3O. The summed E-state index contributed by atoms with van der Waals surface area (Å²) in [7, 11) is 1.91. The third-order valence-electron chi connectivity index (χ3n) is 3.21. The molecule has 5 heteroatoms. The molecule has 20 heavy (non-hydrogen) atoms. The Hall–Kier alpha value is -1.36. The summed E-state index contributed by atoms with van der Waals surface area (Å²) < 4.78 is 7.36. The van der Waals surface area contributed by atoms with Crippen molar-refractivity contribution in [2.75, 3.05) is 6.61 Å². The summed E-state index contributed by atoms with van der Waals surface area (Å²) in [6, 6.07) is 8.30. The number of benzene rings is 1. The van der Waals surface area contributed by atoms with E-state index in [0.29, 0.717) is 18.3 Å². The maximum atomic E-state index is 5.96. The summed E-state index contributed by atoms with van der Waals surface area (Å²) >= 11 is 5.96. The van der Waals surface area contributed by atoms with Gasteiger partial charge in [-0.2, -0.15) is 0 Å². The second-order valence-corrected chi connectivity index (χ2v) is 4.95. The van der Waals surface area contributed by atoms with Gasteiger partial charge >= 0.3 is 0 Å². The average molecular weight is 294 g/mol. The van der Waals surface area contributed by atoms with Gasteiger partial charge in [-0.25, -0.2) is 4.98 Å². The average Bonchev–Trinajstić information content (AvgIpc) is 2.78. The lowest BCUT2D eigenvalue weighted by atomic mass is 10.1. The lowest BCUT2D eigenvalue weighted by Crippen LogP contribution is -2.17. The van der Waals surface area contributed by atoms with E-state index in [2.05, 4.69) is 22.4 Å². The highest BCUT2D eigenvalue weighted by Crippen LogP contribution is 2.11. The van der Waals surface area contributed by atoms with Gasteiger partial charge in [-0.15, -0.1) is 0 Å². The molecule has 0 spiro atoms. The van der Waals surface area contributed by atoms with Crippen LogP contribution in [0.15, 0.2) is 30.5 Å². The van der Waals surface area contributed by atoms with E-state index in [4.69, 9.17) is 16.3 Å². The molecule has 0 radical (unpaired) electrons. The fourth-order valence-electron chi connectivity index (χ4n) is 1.98. The Kier molecular flexibility index (Phi) is 5.59. The molecule has 4 nitrogen and oxygen atoms in total. The third kappa shape index (κ3) is 3.82. The molecule has 0 amide bonds. The van der Waals surface area contributed by atoms with Gasteiger partial charge in [0.1, 0.15) is 11.0 Å². The summed E-state index contributed by atoms with van der Waals surface area (Å²) in [5.41, 5.74) is 2.47. The van der Waals surface area contributed by atoms with Crippen LogP contribution in [0.5, 0.6) is 0 Å². The molecule has 0 aliphatic carbocycles. The summed E-state index contributed by atoms with van der Waals surface area (Å²) in [6.07, 6.45) is 1.67. The Morgan fingerprint density at radius 3 is 2.65 bits per heavy atom. The van der Waals surface area contributed by atoms with Crippen LogP contribution < -0.4 is 5.32 Å². The van der Waals surface area contributed by atoms with Crippen LogP contribution in [0.4, 0.5) is 0 Å². The minimum absolute atomic E-state index is 0.651. The molecule has 0 atom stereocenters. The number of nitrogens with one attached hydrogen (secondary N) is 1. The summed E-state index contributed by atoms with van der Waals surface area (Å²) in [5.74, 6) is 0.928. The Bertz CT molecular complexity index is 554. The molecule has 2 rings (SSSR count). The molecule has 1 aromatic heterocycles. The normalized spacial score (nSPS) is 10.9. The first-order valence-corrected chi connectivity index (χ1v) is 7.11. The van der Waals surface area contributed by atoms with Crippen molar-refractivity contribution in [3.63, 3.8) is 0 Å². The van der Waals surface area contributed by atoms with Crippen molar-refractivity contribution in [3.8, 4) is 0 Å². The maximum Gasteiger partial charge on any atom is 0.128 e. The molecular weight excluding hydrogens is 274 g/mol. The van der Waals surface area contributed by atoms with Crippen LogP contribution in [0.1, 0.15) is 23.9 Å². The van der Waals surface area contributed by atoms with E-state index in [1.165, 1.54) is 11.1 Å². The van der Waals surface area contributed by atoms with Crippen LogP contribution in [-0.2, 0) is 31.5 Å².